The highest BCUT2D eigenvalue weighted by Crippen LogP contribution is 2.15. The van der Waals surface area contributed by atoms with E-state index in [2.05, 4.69) is 13.8 Å². The molecule has 0 bridgehead atoms. The summed E-state index contributed by atoms with van der Waals surface area (Å²) in [5, 5.41) is 9.83. The molecule has 0 radical (unpaired) electrons. The third-order valence-corrected chi connectivity index (χ3v) is 5.05. The van der Waals surface area contributed by atoms with Crippen LogP contribution in [0.3, 0.4) is 0 Å². The van der Waals surface area contributed by atoms with Crippen molar-refractivity contribution < 1.29 is 22.3 Å². The molecule has 0 aromatic rings. The zero-order chi connectivity index (χ0) is 16.7. The molecule has 0 aromatic heterocycles. The van der Waals surface area contributed by atoms with Gasteiger partial charge in [0.25, 0.3) is 0 Å². The van der Waals surface area contributed by atoms with Gasteiger partial charge in [0.1, 0.15) is 6.04 Å². The Morgan fingerprint density at radius 1 is 0.652 bits per heavy atom. The Balaban J connectivity index is 0. The lowest BCUT2D eigenvalue weighted by atomic mass is 10.0. The van der Waals surface area contributed by atoms with E-state index in [1.165, 1.54) is 89.9 Å². The average molecular weight is 350 g/mol. The van der Waals surface area contributed by atoms with E-state index in [1.54, 1.807) is 0 Å². The van der Waals surface area contributed by atoms with Crippen LogP contribution < -0.4 is 12.4 Å². The van der Waals surface area contributed by atoms with E-state index < -0.39 is 0 Å². The minimum atomic E-state index is 0. The van der Waals surface area contributed by atoms with Crippen molar-refractivity contribution in [3.05, 3.63) is 0 Å². The maximum Gasteiger partial charge on any atom is 0.116 e. The lowest BCUT2D eigenvalue weighted by molar-refractivity contribution is -1.09. The number of hydrogen-bond donors (Lipinski definition) is 1. The molecule has 0 rings (SSSR count). The van der Waals surface area contributed by atoms with Gasteiger partial charge in [-0.05, 0) is 13.3 Å². The number of hydrogen-bond acceptors (Lipinski definition) is 1. The molecule has 0 amide bonds. The van der Waals surface area contributed by atoms with Crippen molar-refractivity contribution >= 4 is 0 Å². The van der Waals surface area contributed by atoms with Crippen LogP contribution >= 0.6 is 0 Å². The molecule has 0 aliphatic rings. The van der Waals surface area contributed by atoms with E-state index >= 15 is 0 Å². The van der Waals surface area contributed by atoms with Crippen LogP contribution in [-0.4, -0.2) is 30.0 Å². The molecular weight excluding hydrogens is 306 g/mol. The number of unbranched alkanes of at least 4 members (excludes halogenated alkanes) is 13. The number of rotatable bonds is 16. The fraction of sp³-hybridized carbons (Fsp3) is 1.00. The Labute approximate surface area is 153 Å². The van der Waals surface area contributed by atoms with Crippen LogP contribution in [-0.2, 0) is 0 Å². The molecule has 0 fully saturated rings. The van der Waals surface area contributed by atoms with Crippen LogP contribution in [0.25, 0.3) is 0 Å². The highest BCUT2D eigenvalue weighted by molar-refractivity contribution is 4.52. The number of hydroxylamine groups is 3. The van der Waals surface area contributed by atoms with Crippen molar-refractivity contribution in [2.45, 2.75) is 116 Å². The topological polar surface area (TPSA) is 20.2 Å². The van der Waals surface area contributed by atoms with E-state index in [4.69, 9.17) is 0 Å². The first-order valence-electron chi connectivity index (χ1n) is 10.0. The summed E-state index contributed by atoms with van der Waals surface area (Å²) in [5.41, 5.74) is 0. The van der Waals surface area contributed by atoms with Gasteiger partial charge in [0.05, 0.1) is 14.1 Å². The summed E-state index contributed by atoms with van der Waals surface area (Å²) in [4.78, 5) is 0. The number of halogens is 1. The molecule has 0 aromatic carbocycles. The molecule has 23 heavy (non-hydrogen) atoms. The van der Waals surface area contributed by atoms with Gasteiger partial charge < -0.3 is 12.4 Å². The van der Waals surface area contributed by atoms with Crippen molar-refractivity contribution in [2.24, 2.45) is 0 Å². The van der Waals surface area contributed by atoms with Gasteiger partial charge in [0.2, 0.25) is 0 Å². The minimum absolute atomic E-state index is 0. The van der Waals surface area contributed by atoms with Crippen LogP contribution in [0, 0.1) is 0 Å². The first kappa shape index (κ1) is 25.5. The summed E-state index contributed by atoms with van der Waals surface area (Å²) in [6.07, 6.45) is 20.9. The van der Waals surface area contributed by atoms with Crippen LogP contribution in [0.1, 0.15) is 110 Å². The van der Waals surface area contributed by atoms with E-state index in [-0.39, 0.29) is 17.1 Å². The smallest absolute Gasteiger partial charge is 0.116 e. The van der Waals surface area contributed by atoms with E-state index in [9.17, 15) is 5.21 Å². The number of quaternary nitrogens is 1. The second kappa shape index (κ2) is 17.0. The SMILES string of the molecule is CCCCCCCCCCCCCCCCC(C)[N+](C)(C)O.[Cl-]. The fourth-order valence-electron chi connectivity index (χ4n) is 2.95. The summed E-state index contributed by atoms with van der Waals surface area (Å²) in [7, 11) is 3.74. The van der Waals surface area contributed by atoms with Crippen molar-refractivity contribution in [1.82, 2.24) is 0 Å². The molecule has 1 N–H and O–H groups in total. The first-order chi connectivity index (χ1) is 10.5. The Bertz CT molecular complexity index is 228. The van der Waals surface area contributed by atoms with Crippen molar-refractivity contribution in [2.75, 3.05) is 14.1 Å². The van der Waals surface area contributed by atoms with Crippen molar-refractivity contribution in [1.29, 1.82) is 0 Å². The molecule has 2 nitrogen and oxygen atoms in total. The van der Waals surface area contributed by atoms with Crippen molar-refractivity contribution in [3.8, 4) is 0 Å². The van der Waals surface area contributed by atoms with E-state index in [1.807, 2.05) is 14.1 Å². The summed E-state index contributed by atoms with van der Waals surface area (Å²) >= 11 is 0. The maximum atomic E-state index is 9.83. The third-order valence-electron chi connectivity index (χ3n) is 5.05. The molecule has 1 unspecified atom stereocenters. The summed E-state index contributed by atoms with van der Waals surface area (Å²) in [6, 6.07) is 0.359. The predicted octanol–water partition coefficient (Wildman–Crippen LogP) is 3.72. The van der Waals surface area contributed by atoms with Gasteiger partial charge >= 0.3 is 0 Å². The van der Waals surface area contributed by atoms with Crippen LogP contribution in [0.2, 0.25) is 0 Å². The monoisotopic (exact) mass is 349 g/mol. The lowest BCUT2D eigenvalue weighted by Gasteiger charge is -2.27. The van der Waals surface area contributed by atoms with Gasteiger partial charge in [-0.3, -0.25) is 0 Å². The van der Waals surface area contributed by atoms with Crippen LogP contribution in [0.5, 0.6) is 0 Å². The van der Waals surface area contributed by atoms with Gasteiger partial charge in [-0.15, -0.1) is 0 Å². The van der Waals surface area contributed by atoms with Gasteiger partial charge in [-0.1, -0.05) is 90.4 Å². The predicted molar refractivity (Wildman–Crippen MR) is 98.3 cm³/mol. The Morgan fingerprint density at radius 2 is 0.957 bits per heavy atom. The van der Waals surface area contributed by atoms with Crippen molar-refractivity contribution in [3.63, 3.8) is 0 Å². The molecule has 0 saturated carbocycles. The molecular formula is C20H44ClNO. The Kier molecular flexibility index (Phi) is 18.9. The Hall–Kier alpha value is 0.210. The van der Waals surface area contributed by atoms with Gasteiger partial charge in [-0.25, -0.2) is 5.21 Å². The molecule has 0 aliphatic carbocycles. The largest absolute Gasteiger partial charge is 1.00 e. The fourth-order valence-corrected chi connectivity index (χ4v) is 2.95. The second-order valence-corrected chi connectivity index (χ2v) is 7.71. The number of nitrogens with zero attached hydrogens (tertiary/aromatic N) is 1. The molecule has 0 heterocycles. The summed E-state index contributed by atoms with van der Waals surface area (Å²) < 4.78 is 0.110. The highest BCUT2D eigenvalue weighted by atomic mass is 35.5. The maximum absolute atomic E-state index is 9.83. The van der Waals surface area contributed by atoms with Gasteiger partial charge in [0, 0.05) is 6.42 Å². The summed E-state index contributed by atoms with van der Waals surface area (Å²) in [6.45, 7) is 4.43. The molecule has 142 valence electrons. The zero-order valence-corrected chi connectivity index (χ0v) is 17.2. The van der Waals surface area contributed by atoms with Crippen LogP contribution in [0.15, 0.2) is 0 Å². The average Bonchev–Trinajstić information content (AvgIpc) is 2.46. The molecule has 3 heteroatoms. The normalized spacial score (nSPS) is 12.9. The minimum Gasteiger partial charge on any atom is -1.00 e. The molecule has 1 atom stereocenters. The molecule has 0 aliphatic heterocycles. The Morgan fingerprint density at radius 3 is 1.26 bits per heavy atom. The molecule has 0 saturated heterocycles. The van der Waals surface area contributed by atoms with Gasteiger partial charge in [0.15, 0.2) is 0 Å². The zero-order valence-electron chi connectivity index (χ0n) is 16.5. The highest BCUT2D eigenvalue weighted by Gasteiger charge is 2.20. The lowest BCUT2D eigenvalue weighted by Crippen LogP contribution is -3.00. The molecule has 0 spiro atoms. The quantitative estimate of drug-likeness (QED) is 0.256. The van der Waals surface area contributed by atoms with E-state index in [0.717, 1.165) is 6.42 Å². The third kappa shape index (κ3) is 18.4. The van der Waals surface area contributed by atoms with Gasteiger partial charge in [-0.2, -0.15) is 4.65 Å². The standard InChI is InChI=1S/C20H44NO.ClH/c1-5-6-7-8-9-10-11-12-13-14-15-16-17-18-19-20(2)21(3,4)22;/h20,22H,5-19H2,1-4H3;1H/q+1;/p-1. The first-order valence-corrected chi connectivity index (χ1v) is 10.0. The van der Waals surface area contributed by atoms with Crippen LogP contribution in [0.4, 0.5) is 0 Å². The second-order valence-electron chi connectivity index (χ2n) is 7.71. The summed E-state index contributed by atoms with van der Waals surface area (Å²) in [5.74, 6) is 0. The van der Waals surface area contributed by atoms with E-state index in [0.29, 0.717) is 6.04 Å².